The Morgan fingerprint density at radius 1 is 0.935 bits per heavy atom. The van der Waals surface area contributed by atoms with Crippen LogP contribution in [0.2, 0.25) is 0 Å². The molecule has 0 fully saturated rings. The number of benzene rings is 2. The molecule has 1 N–H and O–H groups in total. The molecule has 0 saturated heterocycles. The van der Waals surface area contributed by atoms with Crippen molar-refractivity contribution in [3.63, 3.8) is 0 Å². The first kappa shape index (κ1) is 20.2. The number of nitrogens with zero attached hydrogens (tertiary/aromatic N) is 3. The van der Waals surface area contributed by atoms with Crippen LogP contribution in [0.25, 0.3) is 11.0 Å². The first-order valence-electron chi connectivity index (χ1n) is 9.71. The lowest BCUT2D eigenvalue weighted by Gasteiger charge is -2.13. The van der Waals surface area contributed by atoms with Gasteiger partial charge < -0.3 is 5.32 Å². The summed E-state index contributed by atoms with van der Waals surface area (Å²) in [5.74, 6) is -1.19. The minimum Gasteiger partial charge on any atom is -0.322 e. The van der Waals surface area contributed by atoms with Gasteiger partial charge >= 0.3 is 5.69 Å². The van der Waals surface area contributed by atoms with E-state index in [-0.39, 0.29) is 23.3 Å². The number of carbonyl (C=O) groups is 1. The predicted octanol–water partition coefficient (Wildman–Crippen LogP) is 2.58. The fourth-order valence-corrected chi connectivity index (χ4v) is 3.37. The lowest BCUT2D eigenvalue weighted by Crippen LogP contribution is -2.42. The highest BCUT2D eigenvalue weighted by molar-refractivity contribution is 5.91. The third-order valence-electron chi connectivity index (χ3n) is 4.90. The fraction of sp³-hybridized carbons (Fsp3) is 0.130. The van der Waals surface area contributed by atoms with E-state index < -0.39 is 29.5 Å². The third kappa shape index (κ3) is 4.28. The molecule has 7 nitrogen and oxygen atoms in total. The highest BCUT2D eigenvalue weighted by Gasteiger charge is 2.17. The summed E-state index contributed by atoms with van der Waals surface area (Å²) in [7, 11) is 0. The molecule has 1 amide bonds. The Morgan fingerprint density at radius 3 is 2.45 bits per heavy atom. The number of hydrogen-bond acceptors (Lipinski definition) is 4. The number of halogens is 1. The number of nitrogens with one attached hydrogen (secondary N) is 1. The maximum absolute atomic E-state index is 13.9. The number of aryl methyl sites for hydroxylation is 1. The summed E-state index contributed by atoms with van der Waals surface area (Å²) in [6.07, 6.45) is 1.92. The van der Waals surface area contributed by atoms with Crippen LogP contribution in [-0.2, 0) is 24.3 Å². The SMILES string of the molecule is O=C(Cn1c(=O)n(CCc2ccccc2)c(=O)c2cccnc21)Nc1ccccc1F. The van der Waals surface area contributed by atoms with Crippen molar-refractivity contribution in [1.29, 1.82) is 0 Å². The number of anilines is 1. The van der Waals surface area contributed by atoms with Crippen molar-refractivity contribution in [2.45, 2.75) is 19.5 Å². The second-order valence-corrected chi connectivity index (χ2v) is 6.96. The van der Waals surface area contributed by atoms with Gasteiger partial charge in [-0.1, -0.05) is 42.5 Å². The van der Waals surface area contributed by atoms with Crippen LogP contribution >= 0.6 is 0 Å². The van der Waals surface area contributed by atoms with Gasteiger partial charge in [-0.25, -0.2) is 14.2 Å². The molecule has 2 aromatic carbocycles. The molecule has 0 saturated carbocycles. The maximum atomic E-state index is 13.9. The number of aromatic nitrogens is 3. The first-order valence-corrected chi connectivity index (χ1v) is 9.71. The standard InChI is InChI=1S/C23H19FN4O3/c24-18-10-4-5-11-19(18)26-20(29)15-28-21-17(9-6-13-25-21)22(30)27(23(28)31)14-12-16-7-2-1-3-8-16/h1-11,13H,12,14-15H2,(H,26,29). The van der Waals surface area contributed by atoms with Crippen LogP contribution in [-0.4, -0.2) is 20.0 Å². The summed E-state index contributed by atoms with van der Waals surface area (Å²) in [5, 5.41) is 2.68. The molecule has 0 aliphatic carbocycles. The molecule has 0 radical (unpaired) electrons. The molecule has 0 aliphatic heterocycles. The highest BCUT2D eigenvalue weighted by Crippen LogP contribution is 2.12. The van der Waals surface area contributed by atoms with Gasteiger partial charge in [-0.05, 0) is 36.2 Å². The second-order valence-electron chi connectivity index (χ2n) is 6.96. The minimum absolute atomic E-state index is 0.00946. The molecule has 0 unspecified atom stereocenters. The van der Waals surface area contributed by atoms with Gasteiger partial charge in [0.15, 0.2) is 0 Å². The molecule has 156 valence electrons. The normalized spacial score (nSPS) is 10.9. The van der Waals surface area contributed by atoms with Crippen molar-refractivity contribution in [2.24, 2.45) is 0 Å². The van der Waals surface area contributed by atoms with Crippen molar-refractivity contribution in [1.82, 2.24) is 14.1 Å². The minimum atomic E-state index is -0.643. The van der Waals surface area contributed by atoms with E-state index in [2.05, 4.69) is 10.3 Å². The van der Waals surface area contributed by atoms with Crippen LogP contribution in [0, 0.1) is 5.82 Å². The Labute approximate surface area is 176 Å². The smallest absolute Gasteiger partial charge is 0.322 e. The molecular weight excluding hydrogens is 399 g/mol. The van der Waals surface area contributed by atoms with Crippen molar-refractivity contribution in [3.05, 3.63) is 105 Å². The molecule has 2 aromatic heterocycles. The van der Waals surface area contributed by atoms with Crippen LogP contribution in [0.1, 0.15) is 5.56 Å². The Morgan fingerprint density at radius 2 is 1.68 bits per heavy atom. The molecule has 2 heterocycles. The van der Waals surface area contributed by atoms with E-state index in [4.69, 9.17) is 0 Å². The van der Waals surface area contributed by atoms with Crippen LogP contribution in [0.3, 0.4) is 0 Å². The largest absolute Gasteiger partial charge is 0.333 e. The van der Waals surface area contributed by atoms with Crippen LogP contribution in [0.5, 0.6) is 0 Å². The number of amides is 1. The molecule has 0 aliphatic rings. The van der Waals surface area contributed by atoms with E-state index in [1.165, 1.54) is 24.4 Å². The Balaban J connectivity index is 1.70. The van der Waals surface area contributed by atoms with E-state index in [1.54, 1.807) is 18.2 Å². The van der Waals surface area contributed by atoms with Gasteiger partial charge in [0.05, 0.1) is 11.1 Å². The first-order chi connectivity index (χ1) is 15.0. The molecular formula is C23H19FN4O3. The van der Waals surface area contributed by atoms with Crippen LogP contribution in [0.15, 0.2) is 82.5 Å². The van der Waals surface area contributed by atoms with Crippen LogP contribution < -0.4 is 16.6 Å². The zero-order valence-electron chi connectivity index (χ0n) is 16.5. The lowest BCUT2D eigenvalue weighted by atomic mass is 10.1. The van der Waals surface area contributed by atoms with Gasteiger partial charge in [-0.3, -0.25) is 18.7 Å². The van der Waals surface area contributed by atoms with Crippen molar-refractivity contribution < 1.29 is 9.18 Å². The van der Waals surface area contributed by atoms with Crippen molar-refractivity contribution >= 4 is 22.6 Å². The second kappa shape index (κ2) is 8.74. The van der Waals surface area contributed by atoms with E-state index in [0.29, 0.717) is 6.42 Å². The van der Waals surface area contributed by atoms with Gasteiger partial charge in [0.1, 0.15) is 18.0 Å². The zero-order valence-corrected chi connectivity index (χ0v) is 16.5. The predicted molar refractivity (Wildman–Crippen MR) is 115 cm³/mol. The van der Waals surface area contributed by atoms with Gasteiger partial charge in [0.25, 0.3) is 5.56 Å². The number of carbonyl (C=O) groups excluding carboxylic acids is 1. The summed E-state index contributed by atoms with van der Waals surface area (Å²) in [6, 6.07) is 18.4. The highest BCUT2D eigenvalue weighted by atomic mass is 19.1. The quantitative estimate of drug-likeness (QED) is 0.522. The van der Waals surface area contributed by atoms with E-state index in [1.807, 2.05) is 30.3 Å². The topological polar surface area (TPSA) is 86.0 Å². The van der Waals surface area contributed by atoms with Crippen molar-refractivity contribution in [3.8, 4) is 0 Å². The molecule has 31 heavy (non-hydrogen) atoms. The summed E-state index contributed by atoms with van der Waals surface area (Å²) in [5.41, 5.74) is -0.0121. The Hall–Kier alpha value is -4.07. The summed E-state index contributed by atoms with van der Waals surface area (Å²) in [4.78, 5) is 42.7. The monoisotopic (exact) mass is 418 g/mol. The van der Waals surface area contributed by atoms with Gasteiger partial charge in [0, 0.05) is 12.7 Å². The summed E-state index contributed by atoms with van der Waals surface area (Å²) >= 11 is 0. The van der Waals surface area contributed by atoms with Gasteiger partial charge in [-0.2, -0.15) is 0 Å². The molecule has 0 spiro atoms. The van der Waals surface area contributed by atoms with Crippen molar-refractivity contribution in [2.75, 3.05) is 5.32 Å². The summed E-state index contributed by atoms with van der Waals surface area (Å²) < 4.78 is 16.1. The average molecular weight is 418 g/mol. The molecule has 4 aromatic rings. The Kier molecular flexibility index (Phi) is 5.70. The average Bonchev–Trinajstić information content (AvgIpc) is 2.79. The van der Waals surface area contributed by atoms with Crippen LogP contribution in [0.4, 0.5) is 10.1 Å². The third-order valence-corrected chi connectivity index (χ3v) is 4.90. The van der Waals surface area contributed by atoms with E-state index in [9.17, 15) is 18.8 Å². The maximum Gasteiger partial charge on any atom is 0.333 e. The molecule has 0 bridgehead atoms. The number of fused-ring (bicyclic) bond motifs is 1. The summed E-state index contributed by atoms with van der Waals surface area (Å²) in [6.45, 7) is -0.256. The van der Waals surface area contributed by atoms with Gasteiger partial charge in [-0.15, -0.1) is 0 Å². The lowest BCUT2D eigenvalue weighted by molar-refractivity contribution is -0.116. The molecule has 0 atom stereocenters. The molecule has 8 heteroatoms. The zero-order chi connectivity index (χ0) is 21.8. The number of hydrogen-bond donors (Lipinski definition) is 1. The van der Waals surface area contributed by atoms with Gasteiger partial charge in [0.2, 0.25) is 5.91 Å². The van der Waals surface area contributed by atoms with E-state index in [0.717, 1.165) is 14.7 Å². The Bertz CT molecular complexity index is 1360. The number of para-hydroxylation sites is 1. The fourth-order valence-electron chi connectivity index (χ4n) is 3.37. The molecule has 4 rings (SSSR count). The number of pyridine rings is 1. The number of rotatable bonds is 6. The van der Waals surface area contributed by atoms with E-state index >= 15 is 0 Å².